The van der Waals surface area contributed by atoms with E-state index in [0.29, 0.717) is 37.9 Å². The second-order valence-electron chi connectivity index (χ2n) is 9.91. The van der Waals surface area contributed by atoms with Gasteiger partial charge in [0.1, 0.15) is 13.2 Å². The first-order valence-corrected chi connectivity index (χ1v) is 13.1. The number of esters is 2. The normalized spacial score (nSPS) is 20.8. The first-order valence-electron chi connectivity index (χ1n) is 13.1. The zero-order chi connectivity index (χ0) is 22.4. The maximum absolute atomic E-state index is 12.3. The van der Waals surface area contributed by atoms with Crippen molar-refractivity contribution in [3.05, 3.63) is 12.2 Å². The van der Waals surface area contributed by atoms with Gasteiger partial charge in [0.05, 0.1) is 0 Å². The molecule has 0 amide bonds. The van der Waals surface area contributed by atoms with Gasteiger partial charge in [-0.1, -0.05) is 90.2 Å². The molecule has 0 aromatic rings. The Balaban J connectivity index is 1.68. The van der Waals surface area contributed by atoms with Crippen molar-refractivity contribution in [2.75, 3.05) is 13.2 Å². The van der Waals surface area contributed by atoms with Gasteiger partial charge in [-0.15, -0.1) is 0 Å². The number of hydrogen-bond acceptors (Lipinski definition) is 4. The smallest absolute Gasteiger partial charge is 0.305 e. The zero-order valence-corrected chi connectivity index (χ0v) is 20.2. The molecule has 0 N–H and O–H groups in total. The SMILES string of the molecule is CCCCCCCCC(=O)OCC1(COC(=O)CCCCCCCC)CC2C=CC1C2. The standard InChI is InChI=1S/C27H46O4/c1-3-5-7-9-11-13-15-25(28)30-21-27(20-23-17-18-24(27)19-23)22-31-26(29)16-14-12-10-8-6-4-2/h17-18,23-24H,3-16,19-22H2,1-2H3. The fraction of sp³-hybridized carbons (Fsp3) is 0.852. The summed E-state index contributed by atoms with van der Waals surface area (Å²) in [4.78, 5) is 24.6. The van der Waals surface area contributed by atoms with Crippen molar-refractivity contribution in [3.8, 4) is 0 Å². The molecule has 2 atom stereocenters. The van der Waals surface area contributed by atoms with Gasteiger partial charge in [0, 0.05) is 18.3 Å². The van der Waals surface area contributed by atoms with Crippen LogP contribution in [-0.2, 0) is 19.1 Å². The van der Waals surface area contributed by atoms with Crippen LogP contribution in [0.3, 0.4) is 0 Å². The summed E-state index contributed by atoms with van der Waals surface area (Å²) >= 11 is 0. The lowest BCUT2D eigenvalue weighted by atomic mass is 9.77. The summed E-state index contributed by atoms with van der Waals surface area (Å²) in [5.74, 6) is 0.709. The van der Waals surface area contributed by atoms with Crippen molar-refractivity contribution in [3.63, 3.8) is 0 Å². The molecule has 0 aliphatic heterocycles. The molecule has 1 saturated carbocycles. The van der Waals surface area contributed by atoms with Crippen molar-refractivity contribution in [2.45, 2.75) is 117 Å². The van der Waals surface area contributed by atoms with Crippen LogP contribution < -0.4 is 0 Å². The van der Waals surface area contributed by atoms with Crippen LogP contribution in [0.1, 0.15) is 117 Å². The summed E-state index contributed by atoms with van der Waals surface area (Å²) in [5.41, 5.74) is -0.215. The van der Waals surface area contributed by atoms with Gasteiger partial charge in [0.15, 0.2) is 0 Å². The molecular weight excluding hydrogens is 388 g/mol. The van der Waals surface area contributed by atoms with Crippen molar-refractivity contribution >= 4 is 11.9 Å². The van der Waals surface area contributed by atoms with E-state index in [1.807, 2.05) is 0 Å². The molecule has 0 spiro atoms. The van der Waals surface area contributed by atoms with Crippen LogP contribution in [0, 0.1) is 17.3 Å². The second-order valence-corrected chi connectivity index (χ2v) is 9.91. The Kier molecular flexibility index (Phi) is 12.3. The average Bonchev–Trinajstić information content (AvgIpc) is 3.37. The molecule has 2 unspecified atom stereocenters. The Morgan fingerprint density at radius 2 is 1.23 bits per heavy atom. The molecule has 31 heavy (non-hydrogen) atoms. The minimum atomic E-state index is -0.215. The van der Waals surface area contributed by atoms with Crippen LogP contribution in [0.2, 0.25) is 0 Å². The maximum Gasteiger partial charge on any atom is 0.305 e. The maximum atomic E-state index is 12.3. The summed E-state index contributed by atoms with van der Waals surface area (Å²) in [6.45, 7) is 5.20. The molecule has 0 saturated heterocycles. The number of carbonyl (C=O) groups excluding carboxylic acids is 2. The van der Waals surface area contributed by atoms with Gasteiger partial charge in [-0.3, -0.25) is 9.59 Å². The lowest BCUT2D eigenvalue weighted by molar-refractivity contribution is -0.155. The Morgan fingerprint density at radius 1 is 0.742 bits per heavy atom. The van der Waals surface area contributed by atoms with Gasteiger partial charge in [-0.05, 0) is 37.5 Å². The molecule has 2 rings (SSSR count). The quantitative estimate of drug-likeness (QED) is 0.130. The van der Waals surface area contributed by atoms with Crippen LogP contribution in [0.25, 0.3) is 0 Å². The molecule has 178 valence electrons. The number of carbonyl (C=O) groups is 2. The van der Waals surface area contributed by atoms with Crippen LogP contribution in [-0.4, -0.2) is 25.2 Å². The lowest BCUT2D eigenvalue weighted by Crippen LogP contribution is -2.38. The topological polar surface area (TPSA) is 52.6 Å². The Morgan fingerprint density at radius 3 is 1.65 bits per heavy atom. The highest BCUT2D eigenvalue weighted by Gasteiger charge is 2.50. The van der Waals surface area contributed by atoms with E-state index in [0.717, 1.165) is 38.5 Å². The molecule has 4 nitrogen and oxygen atoms in total. The number of fused-ring (bicyclic) bond motifs is 2. The highest BCUT2D eigenvalue weighted by Crippen LogP contribution is 2.52. The number of ether oxygens (including phenoxy) is 2. The van der Waals surface area contributed by atoms with Gasteiger partial charge < -0.3 is 9.47 Å². The molecule has 4 heteroatoms. The summed E-state index contributed by atoms with van der Waals surface area (Å²) in [6.07, 6.45) is 21.6. The molecule has 2 bridgehead atoms. The minimum absolute atomic E-state index is 0.0972. The third-order valence-corrected chi connectivity index (χ3v) is 7.14. The molecule has 0 radical (unpaired) electrons. The first-order chi connectivity index (χ1) is 15.1. The fourth-order valence-electron chi connectivity index (χ4n) is 5.12. The van der Waals surface area contributed by atoms with E-state index in [2.05, 4.69) is 26.0 Å². The van der Waals surface area contributed by atoms with Crippen molar-refractivity contribution in [1.82, 2.24) is 0 Å². The summed E-state index contributed by atoms with van der Waals surface area (Å²) in [7, 11) is 0. The van der Waals surface area contributed by atoms with Gasteiger partial charge in [-0.25, -0.2) is 0 Å². The monoisotopic (exact) mass is 434 g/mol. The van der Waals surface area contributed by atoms with Crippen LogP contribution in [0.5, 0.6) is 0 Å². The molecule has 1 fully saturated rings. The lowest BCUT2D eigenvalue weighted by Gasteiger charge is -2.34. The van der Waals surface area contributed by atoms with E-state index >= 15 is 0 Å². The third kappa shape index (κ3) is 9.37. The Labute approximate surface area is 190 Å². The van der Waals surface area contributed by atoms with E-state index in [9.17, 15) is 9.59 Å². The predicted molar refractivity (Wildman–Crippen MR) is 126 cm³/mol. The van der Waals surface area contributed by atoms with Gasteiger partial charge in [-0.2, -0.15) is 0 Å². The molecular formula is C27H46O4. The summed E-state index contributed by atoms with van der Waals surface area (Å²) in [6, 6.07) is 0. The fourth-order valence-corrected chi connectivity index (χ4v) is 5.12. The van der Waals surface area contributed by atoms with Crippen LogP contribution >= 0.6 is 0 Å². The van der Waals surface area contributed by atoms with Crippen molar-refractivity contribution in [2.24, 2.45) is 17.3 Å². The summed E-state index contributed by atoms with van der Waals surface area (Å²) < 4.78 is 11.4. The molecule has 2 aliphatic rings. The van der Waals surface area contributed by atoms with E-state index < -0.39 is 0 Å². The van der Waals surface area contributed by atoms with Crippen LogP contribution in [0.4, 0.5) is 0 Å². The predicted octanol–water partition coefficient (Wildman–Crippen LogP) is 7.16. The van der Waals surface area contributed by atoms with Gasteiger partial charge in [0.25, 0.3) is 0 Å². The second kappa shape index (κ2) is 14.7. The van der Waals surface area contributed by atoms with Crippen molar-refractivity contribution < 1.29 is 19.1 Å². The minimum Gasteiger partial charge on any atom is -0.465 e. The van der Waals surface area contributed by atoms with E-state index in [1.165, 1.54) is 51.4 Å². The Hall–Kier alpha value is -1.32. The molecule has 0 heterocycles. The third-order valence-electron chi connectivity index (χ3n) is 7.14. The summed E-state index contributed by atoms with van der Waals surface area (Å²) in [5, 5.41) is 0. The zero-order valence-electron chi connectivity index (χ0n) is 20.2. The largest absolute Gasteiger partial charge is 0.465 e. The van der Waals surface area contributed by atoms with Crippen molar-refractivity contribution in [1.29, 1.82) is 0 Å². The van der Waals surface area contributed by atoms with Gasteiger partial charge >= 0.3 is 11.9 Å². The van der Waals surface area contributed by atoms with Gasteiger partial charge in [0.2, 0.25) is 0 Å². The van der Waals surface area contributed by atoms with Crippen LogP contribution in [0.15, 0.2) is 12.2 Å². The number of hydrogen-bond donors (Lipinski definition) is 0. The molecule has 0 aromatic carbocycles. The molecule has 2 aliphatic carbocycles. The number of unbranched alkanes of at least 4 members (excludes halogenated alkanes) is 10. The molecule has 0 aromatic heterocycles. The first kappa shape index (κ1) is 25.9. The number of allylic oxidation sites excluding steroid dienone is 2. The highest BCUT2D eigenvalue weighted by atomic mass is 16.5. The Bertz CT molecular complexity index is 521. The van der Waals surface area contributed by atoms with E-state index in [-0.39, 0.29) is 17.4 Å². The van der Waals surface area contributed by atoms with E-state index in [1.54, 1.807) is 0 Å². The average molecular weight is 435 g/mol. The highest BCUT2D eigenvalue weighted by molar-refractivity contribution is 5.70. The van der Waals surface area contributed by atoms with E-state index in [4.69, 9.17) is 9.47 Å². The number of rotatable bonds is 18.